The number of methoxy groups -OCH3 is 2. The summed E-state index contributed by atoms with van der Waals surface area (Å²) in [4.78, 5) is 0. The Morgan fingerprint density at radius 3 is 1.45 bits per heavy atom. The molecule has 0 aromatic heterocycles. The van der Waals surface area contributed by atoms with E-state index in [0.717, 1.165) is 36.8 Å². The number of ether oxygens (including phenoxy) is 2. The summed E-state index contributed by atoms with van der Waals surface area (Å²) in [6.07, 6.45) is 18.6. The Morgan fingerprint density at radius 1 is 0.548 bits per heavy atom. The predicted molar refractivity (Wildman–Crippen MR) is 126 cm³/mol. The first-order valence-corrected chi connectivity index (χ1v) is 13.8. The minimum absolute atomic E-state index is 0.388. The largest absolute Gasteiger partial charge is 0.381 e. The number of fused-ring (bicyclic) bond motifs is 6. The van der Waals surface area contributed by atoms with Crippen LogP contribution >= 0.6 is 0 Å². The van der Waals surface area contributed by atoms with E-state index in [4.69, 9.17) is 9.47 Å². The number of hydrogen-bond acceptors (Lipinski definition) is 4. The molecule has 4 nitrogen and oxygen atoms in total. The fraction of sp³-hybridized carbons (Fsp3) is 1.00. The average Bonchev–Trinajstić information content (AvgIpc) is 3.35. The van der Waals surface area contributed by atoms with Gasteiger partial charge in [-0.15, -0.1) is 0 Å². The zero-order chi connectivity index (χ0) is 21.2. The normalized spacial score (nSPS) is 49.0. The van der Waals surface area contributed by atoms with Gasteiger partial charge in [-0.1, -0.05) is 38.5 Å². The van der Waals surface area contributed by atoms with Crippen LogP contribution < -0.4 is 10.6 Å². The molecule has 4 heteroatoms. The summed E-state index contributed by atoms with van der Waals surface area (Å²) in [5, 5.41) is 8.05. The monoisotopic (exact) mass is 432 g/mol. The van der Waals surface area contributed by atoms with Gasteiger partial charge in [0.15, 0.2) is 0 Å². The van der Waals surface area contributed by atoms with Gasteiger partial charge in [-0.25, -0.2) is 0 Å². The molecule has 178 valence electrons. The Bertz CT molecular complexity index is 523. The molecule has 0 amide bonds. The third-order valence-electron chi connectivity index (χ3n) is 10.3. The van der Waals surface area contributed by atoms with E-state index in [0.29, 0.717) is 36.1 Å². The maximum atomic E-state index is 6.29. The van der Waals surface area contributed by atoms with Gasteiger partial charge in [0.05, 0.1) is 12.2 Å². The fourth-order valence-electron chi connectivity index (χ4n) is 9.07. The second-order valence-corrected chi connectivity index (χ2v) is 11.6. The van der Waals surface area contributed by atoms with Gasteiger partial charge in [-0.3, -0.25) is 0 Å². The van der Waals surface area contributed by atoms with Gasteiger partial charge in [0, 0.05) is 38.1 Å². The summed E-state index contributed by atoms with van der Waals surface area (Å²) in [5.41, 5.74) is 0. The predicted octanol–water partition coefficient (Wildman–Crippen LogP) is 4.77. The second kappa shape index (κ2) is 10.4. The summed E-state index contributed by atoms with van der Waals surface area (Å²) in [7, 11) is 3.96. The minimum Gasteiger partial charge on any atom is -0.381 e. The third-order valence-corrected chi connectivity index (χ3v) is 10.3. The lowest BCUT2D eigenvalue weighted by Crippen LogP contribution is -2.43. The molecular formula is C27H48N2O2. The molecule has 5 fully saturated rings. The van der Waals surface area contributed by atoms with Crippen molar-refractivity contribution in [3.05, 3.63) is 0 Å². The van der Waals surface area contributed by atoms with Crippen LogP contribution in [0.3, 0.4) is 0 Å². The van der Waals surface area contributed by atoms with Gasteiger partial charge in [-0.05, 0) is 81.7 Å². The molecule has 3 unspecified atom stereocenters. The maximum absolute atomic E-state index is 6.29. The smallest absolute Gasteiger partial charge is 0.0618 e. The molecule has 0 bridgehead atoms. The summed E-state index contributed by atoms with van der Waals surface area (Å²) < 4.78 is 12.6. The average molecular weight is 433 g/mol. The molecule has 5 aliphatic rings. The van der Waals surface area contributed by atoms with E-state index in [9.17, 15) is 0 Å². The van der Waals surface area contributed by atoms with E-state index in [-0.39, 0.29) is 0 Å². The van der Waals surface area contributed by atoms with Gasteiger partial charge in [0.25, 0.3) is 0 Å². The quantitative estimate of drug-likeness (QED) is 0.660. The van der Waals surface area contributed by atoms with Crippen LogP contribution in [-0.4, -0.2) is 51.6 Å². The molecule has 0 spiro atoms. The van der Waals surface area contributed by atoms with Crippen LogP contribution in [0.15, 0.2) is 0 Å². The first-order valence-electron chi connectivity index (χ1n) is 13.8. The molecule has 4 aliphatic carbocycles. The van der Waals surface area contributed by atoms with Crippen LogP contribution in [0.4, 0.5) is 0 Å². The summed E-state index contributed by atoms with van der Waals surface area (Å²) >= 11 is 0. The highest BCUT2D eigenvalue weighted by Gasteiger charge is 2.49. The Labute approximate surface area is 191 Å². The van der Waals surface area contributed by atoms with E-state index in [1.54, 1.807) is 0 Å². The second-order valence-electron chi connectivity index (χ2n) is 11.6. The van der Waals surface area contributed by atoms with Crippen molar-refractivity contribution in [2.45, 2.75) is 108 Å². The van der Waals surface area contributed by atoms with Gasteiger partial charge >= 0.3 is 0 Å². The summed E-state index contributed by atoms with van der Waals surface area (Å²) in [5.74, 6) is 5.01. The SMILES string of the molecule is COC1CCC(OC)[C@@H]2[C@H]3CCCC[C@@H]3C[C@@H]2NCCCNC2C[C@H]3CCCC[C@@H]3[C@H]21. The Balaban J connectivity index is 1.36. The molecule has 5 rings (SSSR count). The van der Waals surface area contributed by atoms with Crippen LogP contribution in [0.1, 0.15) is 83.5 Å². The molecule has 10 atom stereocenters. The topological polar surface area (TPSA) is 42.5 Å². The van der Waals surface area contributed by atoms with E-state index in [2.05, 4.69) is 10.6 Å². The lowest BCUT2D eigenvalue weighted by Gasteiger charge is -2.38. The van der Waals surface area contributed by atoms with Crippen molar-refractivity contribution in [1.82, 2.24) is 10.6 Å². The highest BCUT2D eigenvalue weighted by Crippen LogP contribution is 2.50. The van der Waals surface area contributed by atoms with Gasteiger partial charge < -0.3 is 20.1 Å². The molecule has 0 radical (unpaired) electrons. The minimum atomic E-state index is 0.388. The molecule has 0 aromatic carbocycles. The zero-order valence-corrected chi connectivity index (χ0v) is 20.2. The lowest BCUT2D eigenvalue weighted by molar-refractivity contribution is -0.0248. The van der Waals surface area contributed by atoms with Crippen molar-refractivity contribution in [2.75, 3.05) is 27.3 Å². The van der Waals surface area contributed by atoms with Crippen LogP contribution in [0, 0.1) is 35.5 Å². The zero-order valence-electron chi connectivity index (χ0n) is 20.2. The van der Waals surface area contributed by atoms with Gasteiger partial charge in [0.1, 0.15) is 0 Å². The molecular weight excluding hydrogens is 384 g/mol. The van der Waals surface area contributed by atoms with E-state index in [1.807, 2.05) is 14.2 Å². The summed E-state index contributed by atoms with van der Waals surface area (Å²) in [6, 6.07) is 1.31. The first-order chi connectivity index (χ1) is 15.3. The Morgan fingerprint density at radius 2 is 1.00 bits per heavy atom. The van der Waals surface area contributed by atoms with E-state index >= 15 is 0 Å². The Hall–Kier alpha value is -0.160. The van der Waals surface area contributed by atoms with Crippen molar-refractivity contribution < 1.29 is 9.47 Å². The van der Waals surface area contributed by atoms with Crippen molar-refractivity contribution >= 4 is 0 Å². The molecule has 2 N–H and O–H groups in total. The number of nitrogens with one attached hydrogen (secondary N) is 2. The maximum Gasteiger partial charge on any atom is 0.0618 e. The lowest BCUT2D eigenvalue weighted by atomic mass is 9.73. The number of hydrogen-bond donors (Lipinski definition) is 2. The highest BCUT2D eigenvalue weighted by molar-refractivity contribution is 5.02. The van der Waals surface area contributed by atoms with Crippen LogP contribution in [0.2, 0.25) is 0 Å². The van der Waals surface area contributed by atoms with E-state index in [1.165, 1.54) is 83.5 Å². The molecule has 1 aliphatic heterocycles. The van der Waals surface area contributed by atoms with Crippen LogP contribution in [-0.2, 0) is 9.47 Å². The number of rotatable bonds is 2. The molecule has 4 saturated carbocycles. The Kier molecular flexibility index (Phi) is 7.59. The van der Waals surface area contributed by atoms with Crippen LogP contribution in [0.25, 0.3) is 0 Å². The first kappa shape index (κ1) is 22.6. The molecule has 1 saturated heterocycles. The fourth-order valence-corrected chi connectivity index (χ4v) is 9.07. The standard InChI is InChI=1S/C27H48N2O2/c1-30-24-12-13-25(31-2)27-21-11-6-4-9-19(21)17-23(27)29-15-7-14-28-22-16-18-8-3-5-10-20(18)26(22)24/h18-29H,3-17H2,1-2H3/t18-,19-,20+,21+,22+,23?,24?,25?,26-,27-/m1/s1. The third kappa shape index (κ3) is 4.61. The van der Waals surface area contributed by atoms with Crippen LogP contribution in [0.5, 0.6) is 0 Å². The molecule has 0 aromatic rings. The van der Waals surface area contributed by atoms with Crippen molar-refractivity contribution in [2.24, 2.45) is 35.5 Å². The van der Waals surface area contributed by atoms with Gasteiger partial charge in [-0.2, -0.15) is 0 Å². The van der Waals surface area contributed by atoms with Crippen molar-refractivity contribution in [1.29, 1.82) is 0 Å². The van der Waals surface area contributed by atoms with E-state index < -0.39 is 0 Å². The molecule has 31 heavy (non-hydrogen) atoms. The summed E-state index contributed by atoms with van der Waals surface area (Å²) in [6.45, 7) is 2.31. The molecule has 1 heterocycles. The highest BCUT2D eigenvalue weighted by atomic mass is 16.5. The van der Waals surface area contributed by atoms with Gasteiger partial charge in [0.2, 0.25) is 0 Å². The van der Waals surface area contributed by atoms with Crippen molar-refractivity contribution in [3.8, 4) is 0 Å². The van der Waals surface area contributed by atoms with Crippen molar-refractivity contribution in [3.63, 3.8) is 0 Å².